The van der Waals surface area contributed by atoms with Crippen molar-refractivity contribution in [2.45, 2.75) is 27.2 Å². The predicted molar refractivity (Wildman–Crippen MR) is 94.0 cm³/mol. The Morgan fingerprint density at radius 3 is 2.56 bits per heavy atom. The molecule has 0 radical (unpaired) electrons. The van der Waals surface area contributed by atoms with E-state index in [2.05, 4.69) is 10.4 Å². The summed E-state index contributed by atoms with van der Waals surface area (Å²) in [6, 6.07) is 1.62. The highest BCUT2D eigenvalue weighted by Gasteiger charge is 2.26. The van der Waals surface area contributed by atoms with Gasteiger partial charge < -0.3 is 15.8 Å². The Bertz CT molecular complexity index is 818. The van der Waals surface area contributed by atoms with Crippen LogP contribution in [0.4, 0.5) is 5.00 Å². The standard InChI is InChI=1S/C16H20N4O4S/c1-5-6-24-16(23)11-9(3)12(13(17)21)25-15(11)18-14(22)10-7-8(2)20(4)19-10/h7H,5-6H2,1-4H3,(H2,17,21)(H,18,22). The van der Waals surface area contributed by atoms with Crippen LogP contribution in [0.3, 0.4) is 0 Å². The molecule has 134 valence electrons. The molecule has 0 aliphatic heterocycles. The Morgan fingerprint density at radius 2 is 2.04 bits per heavy atom. The molecule has 2 heterocycles. The molecule has 0 atom stereocenters. The largest absolute Gasteiger partial charge is 0.462 e. The number of amides is 2. The molecule has 0 bridgehead atoms. The van der Waals surface area contributed by atoms with Crippen molar-refractivity contribution in [3.05, 3.63) is 33.5 Å². The van der Waals surface area contributed by atoms with Crippen LogP contribution in [0.15, 0.2) is 6.07 Å². The van der Waals surface area contributed by atoms with Gasteiger partial charge in [-0.3, -0.25) is 14.3 Å². The second-order valence-electron chi connectivity index (χ2n) is 5.51. The van der Waals surface area contributed by atoms with E-state index in [-0.39, 0.29) is 27.7 Å². The number of carbonyl (C=O) groups excluding carboxylic acids is 3. The van der Waals surface area contributed by atoms with Crippen molar-refractivity contribution in [2.24, 2.45) is 12.8 Å². The molecule has 0 saturated carbocycles. The van der Waals surface area contributed by atoms with Crippen molar-refractivity contribution in [3.8, 4) is 0 Å². The first-order valence-corrected chi connectivity index (χ1v) is 8.50. The first kappa shape index (κ1) is 18.7. The number of esters is 1. The summed E-state index contributed by atoms with van der Waals surface area (Å²) >= 11 is 0.948. The molecule has 0 fully saturated rings. The van der Waals surface area contributed by atoms with E-state index in [1.165, 1.54) is 0 Å². The Labute approximate surface area is 149 Å². The number of anilines is 1. The lowest BCUT2D eigenvalue weighted by molar-refractivity contribution is 0.0506. The molecule has 2 aromatic rings. The fraction of sp³-hybridized carbons (Fsp3) is 0.375. The minimum absolute atomic E-state index is 0.147. The van der Waals surface area contributed by atoms with Gasteiger partial charge in [-0.05, 0) is 31.9 Å². The summed E-state index contributed by atoms with van der Waals surface area (Å²) in [6.07, 6.45) is 0.659. The molecule has 2 rings (SSSR count). The zero-order chi connectivity index (χ0) is 18.7. The fourth-order valence-electron chi connectivity index (χ4n) is 2.19. The lowest BCUT2D eigenvalue weighted by Crippen LogP contribution is -2.16. The number of hydrogen-bond acceptors (Lipinski definition) is 6. The topological polar surface area (TPSA) is 116 Å². The normalized spacial score (nSPS) is 10.6. The molecule has 0 saturated heterocycles. The Kier molecular flexibility index (Phi) is 5.58. The van der Waals surface area contributed by atoms with Crippen LogP contribution in [0, 0.1) is 13.8 Å². The van der Waals surface area contributed by atoms with E-state index in [0.29, 0.717) is 12.0 Å². The third kappa shape index (κ3) is 3.87. The first-order chi connectivity index (χ1) is 11.8. The Balaban J connectivity index is 2.38. The lowest BCUT2D eigenvalue weighted by Gasteiger charge is -2.06. The van der Waals surface area contributed by atoms with Crippen molar-refractivity contribution in [3.63, 3.8) is 0 Å². The number of ether oxygens (including phenoxy) is 1. The molecule has 2 aromatic heterocycles. The van der Waals surface area contributed by atoms with Gasteiger partial charge in [0.2, 0.25) is 0 Å². The highest BCUT2D eigenvalue weighted by molar-refractivity contribution is 7.18. The van der Waals surface area contributed by atoms with Gasteiger partial charge in [0, 0.05) is 12.7 Å². The molecule has 0 spiro atoms. The van der Waals surface area contributed by atoms with Gasteiger partial charge >= 0.3 is 5.97 Å². The predicted octanol–water partition coefficient (Wildman–Crippen LogP) is 2.02. The lowest BCUT2D eigenvalue weighted by atomic mass is 10.1. The Hall–Kier alpha value is -2.68. The molecule has 8 nitrogen and oxygen atoms in total. The molecule has 3 N–H and O–H groups in total. The summed E-state index contributed by atoms with van der Waals surface area (Å²) in [6.45, 7) is 5.53. The average Bonchev–Trinajstić information content (AvgIpc) is 3.05. The summed E-state index contributed by atoms with van der Waals surface area (Å²) in [4.78, 5) is 36.5. The van der Waals surface area contributed by atoms with E-state index < -0.39 is 17.8 Å². The molecule has 0 aliphatic carbocycles. The maximum absolute atomic E-state index is 12.4. The van der Waals surface area contributed by atoms with Crippen LogP contribution in [0.2, 0.25) is 0 Å². The minimum atomic E-state index is -0.666. The average molecular weight is 364 g/mol. The number of primary amides is 1. The van der Waals surface area contributed by atoms with Crippen LogP contribution in [-0.4, -0.2) is 34.2 Å². The molecule has 0 unspecified atom stereocenters. The molecule has 2 amide bonds. The van der Waals surface area contributed by atoms with Crippen molar-refractivity contribution < 1.29 is 19.1 Å². The van der Waals surface area contributed by atoms with Gasteiger partial charge in [0.25, 0.3) is 11.8 Å². The number of rotatable bonds is 6. The maximum atomic E-state index is 12.4. The summed E-state index contributed by atoms with van der Waals surface area (Å²) in [5.74, 6) is -1.75. The molecule has 25 heavy (non-hydrogen) atoms. The molecule has 9 heteroatoms. The third-order valence-corrected chi connectivity index (χ3v) is 4.81. The number of thiophene rings is 1. The fourth-order valence-corrected chi connectivity index (χ4v) is 3.23. The van der Waals surface area contributed by atoms with E-state index in [1.807, 2.05) is 13.8 Å². The van der Waals surface area contributed by atoms with E-state index in [4.69, 9.17) is 10.5 Å². The first-order valence-electron chi connectivity index (χ1n) is 7.68. The minimum Gasteiger partial charge on any atom is -0.462 e. The van der Waals surface area contributed by atoms with Crippen LogP contribution < -0.4 is 11.1 Å². The van der Waals surface area contributed by atoms with Gasteiger partial charge in [0.15, 0.2) is 5.69 Å². The number of nitrogens with two attached hydrogens (primary N) is 1. The van der Waals surface area contributed by atoms with Crippen LogP contribution in [0.25, 0.3) is 0 Å². The van der Waals surface area contributed by atoms with Crippen LogP contribution in [0.5, 0.6) is 0 Å². The van der Waals surface area contributed by atoms with Gasteiger partial charge in [-0.25, -0.2) is 4.79 Å². The molecule has 0 aromatic carbocycles. The van der Waals surface area contributed by atoms with Crippen molar-refractivity contribution >= 4 is 34.1 Å². The second kappa shape index (κ2) is 7.47. The summed E-state index contributed by atoms with van der Waals surface area (Å²) in [5, 5.41) is 6.96. The van der Waals surface area contributed by atoms with E-state index in [1.54, 1.807) is 24.7 Å². The van der Waals surface area contributed by atoms with E-state index >= 15 is 0 Å². The van der Waals surface area contributed by atoms with Crippen LogP contribution >= 0.6 is 11.3 Å². The van der Waals surface area contributed by atoms with Gasteiger partial charge in [0.05, 0.1) is 17.0 Å². The van der Waals surface area contributed by atoms with E-state index in [0.717, 1.165) is 17.0 Å². The van der Waals surface area contributed by atoms with Crippen molar-refractivity contribution in [1.82, 2.24) is 9.78 Å². The number of nitrogens with one attached hydrogen (secondary N) is 1. The van der Waals surface area contributed by atoms with Gasteiger partial charge in [-0.2, -0.15) is 5.10 Å². The number of aryl methyl sites for hydroxylation is 2. The zero-order valence-electron chi connectivity index (χ0n) is 14.5. The highest BCUT2D eigenvalue weighted by atomic mass is 32.1. The summed E-state index contributed by atoms with van der Waals surface area (Å²) < 4.78 is 6.72. The van der Waals surface area contributed by atoms with Crippen molar-refractivity contribution in [1.29, 1.82) is 0 Å². The smallest absolute Gasteiger partial charge is 0.341 e. The van der Waals surface area contributed by atoms with Gasteiger partial charge in [-0.1, -0.05) is 6.92 Å². The number of hydrogen-bond donors (Lipinski definition) is 2. The van der Waals surface area contributed by atoms with E-state index in [9.17, 15) is 14.4 Å². The monoisotopic (exact) mass is 364 g/mol. The number of carbonyl (C=O) groups is 3. The zero-order valence-corrected chi connectivity index (χ0v) is 15.3. The molecular weight excluding hydrogens is 344 g/mol. The van der Waals surface area contributed by atoms with Gasteiger partial charge in [-0.15, -0.1) is 11.3 Å². The van der Waals surface area contributed by atoms with Crippen molar-refractivity contribution in [2.75, 3.05) is 11.9 Å². The van der Waals surface area contributed by atoms with Crippen LogP contribution in [0.1, 0.15) is 55.1 Å². The van der Waals surface area contributed by atoms with Crippen LogP contribution in [-0.2, 0) is 11.8 Å². The third-order valence-electron chi connectivity index (χ3n) is 3.59. The SMILES string of the molecule is CCCOC(=O)c1c(NC(=O)c2cc(C)n(C)n2)sc(C(N)=O)c1C. The maximum Gasteiger partial charge on any atom is 0.341 e. The molecular formula is C16H20N4O4S. The number of aromatic nitrogens is 2. The summed E-state index contributed by atoms with van der Waals surface area (Å²) in [5.41, 5.74) is 6.92. The second-order valence-corrected chi connectivity index (χ2v) is 6.53. The van der Waals surface area contributed by atoms with Gasteiger partial charge in [0.1, 0.15) is 5.00 Å². The molecule has 0 aliphatic rings. The highest BCUT2D eigenvalue weighted by Crippen LogP contribution is 2.33. The summed E-state index contributed by atoms with van der Waals surface area (Å²) in [7, 11) is 1.72. The Morgan fingerprint density at radius 1 is 1.36 bits per heavy atom. The number of nitrogens with zero attached hydrogens (tertiary/aromatic N) is 2. The quantitative estimate of drug-likeness (QED) is 0.761.